The van der Waals surface area contributed by atoms with Crippen molar-refractivity contribution in [1.82, 2.24) is 0 Å². The Balaban J connectivity index is -0.000000151. The Morgan fingerprint density at radius 2 is 1.17 bits per heavy atom. The van der Waals surface area contributed by atoms with E-state index in [0.717, 1.165) is 0 Å². The molecule has 0 aliphatic carbocycles. The van der Waals surface area contributed by atoms with Crippen LogP contribution in [0, 0.1) is 0 Å². The fourth-order valence-electron chi connectivity index (χ4n) is 0.668. The molecule has 10 N–H and O–H groups in total. The first-order valence-corrected chi connectivity index (χ1v) is 5.81. The second kappa shape index (κ2) is 18.1. The molecule has 0 amide bonds. The number of carboxylic acid groups (broad SMARTS) is 3. The van der Waals surface area contributed by atoms with Gasteiger partial charge in [0.1, 0.15) is 18.3 Å². The van der Waals surface area contributed by atoms with Crippen LogP contribution in [0.4, 0.5) is 0 Å². The maximum atomic E-state index is 10.1. The van der Waals surface area contributed by atoms with Gasteiger partial charge in [0, 0.05) is 13.1 Å². The number of carbonyl (C=O) groups is 3. The molecule has 0 aliphatic heterocycles. The van der Waals surface area contributed by atoms with Gasteiger partial charge in [-0.15, -0.1) is 0 Å². The Morgan fingerprint density at radius 1 is 0.875 bits per heavy atom. The zero-order chi connectivity index (χ0) is 19.2. The molecule has 0 saturated heterocycles. The van der Waals surface area contributed by atoms with Crippen LogP contribution in [0.15, 0.2) is 0 Å². The molecule has 0 rings (SSSR count). The first kappa shape index (κ1) is 30.6. The molecular weight excluding hydrogens is 390 g/mol. The minimum atomic E-state index is -2.20. The van der Waals surface area contributed by atoms with Crippen LogP contribution in [0.2, 0.25) is 0 Å². The summed E-state index contributed by atoms with van der Waals surface area (Å²) in [6, 6.07) is 0. The van der Waals surface area contributed by atoms with Crippen molar-refractivity contribution in [2.45, 2.75) is 24.4 Å². The molecule has 0 bridgehead atoms. The summed E-state index contributed by atoms with van der Waals surface area (Å²) in [6.07, 6.45) is -7.84. The van der Waals surface area contributed by atoms with Gasteiger partial charge in [-0.1, -0.05) is 0 Å². The van der Waals surface area contributed by atoms with Crippen LogP contribution in [0.3, 0.4) is 0 Å². The van der Waals surface area contributed by atoms with Crippen LogP contribution in [-0.4, -0.2) is 92.7 Å². The van der Waals surface area contributed by atoms with Crippen molar-refractivity contribution in [2.24, 2.45) is 11.5 Å². The molecule has 0 aromatic heterocycles. The van der Waals surface area contributed by atoms with Gasteiger partial charge in [0.05, 0.1) is 18.5 Å². The first-order valence-electron chi connectivity index (χ1n) is 5.81. The first-order chi connectivity index (χ1) is 10.5. The average Bonchev–Trinajstić information content (AvgIpc) is 2.52. The van der Waals surface area contributed by atoms with Crippen LogP contribution in [0.5, 0.6) is 0 Å². The van der Waals surface area contributed by atoms with Crippen LogP contribution in [-0.2, 0) is 33.9 Å². The topological polar surface area (TPSA) is 271 Å². The molecule has 0 unspecified atom stereocenters. The molecule has 0 aliphatic rings. The van der Waals surface area contributed by atoms with Crippen molar-refractivity contribution in [3.05, 3.63) is 0 Å². The normalized spacial score (nSPS) is 14.1. The number of rotatable bonds is 7. The maximum Gasteiger partial charge on any atom is 2.00 e. The second-order valence-corrected chi connectivity index (χ2v) is 3.67. The van der Waals surface area contributed by atoms with E-state index in [1.54, 1.807) is 0 Å². The van der Waals surface area contributed by atoms with Gasteiger partial charge in [0.25, 0.3) is 0 Å². The van der Waals surface area contributed by atoms with Gasteiger partial charge >= 0.3 is 25.4 Å². The third kappa shape index (κ3) is 18.8. The third-order valence-electron chi connectivity index (χ3n) is 1.84. The van der Waals surface area contributed by atoms with Gasteiger partial charge in [0.2, 0.25) is 0 Å². The summed E-state index contributed by atoms with van der Waals surface area (Å²) < 4.78 is 0. The van der Waals surface area contributed by atoms with E-state index < -0.39 is 48.9 Å². The van der Waals surface area contributed by atoms with Crippen molar-refractivity contribution < 1.29 is 74.7 Å². The zero-order valence-corrected chi connectivity index (χ0v) is 15.5. The molecule has 0 saturated carbocycles. The van der Waals surface area contributed by atoms with Crippen molar-refractivity contribution in [2.75, 3.05) is 19.7 Å². The number of hydrogen-bond acceptors (Lipinski definition) is 12. The number of hydrogen-bond donors (Lipinski definition) is 8. The summed E-state index contributed by atoms with van der Waals surface area (Å²) in [4.78, 5) is 28.4. The molecule has 0 aromatic rings. The zero-order valence-electron chi connectivity index (χ0n) is 12.5. The number of aliphatic hydroxyl groups excluding tert-OH is 5. The fraction of sp³-hybridized carbons (Fsp3) is 0.700. The molecule has 14 heteroatoms. The van der Waals surface area contributed by atoms with E-state index in [0.29, 0.717) is 0 Å². The molecule has 0 heterocycles. The minimum absolute atomic E-state index is 0. The Bertz CT molecular complexity index is 344. The standard InChI is InChI=1S/C6H12O7.2C2H5NO2.Zn/c7-1-2(8)3(9)4(10)5(11)6(12)13;2*3-1-2(4)5;/h2-5,7-11H,1H2,(H,12,13);2*1,3H2,(H,4,5);/q;;;+2/p-2/t2-,3-,4+,5-;;;/m1.../s1. The Kier molecular flexibility index (Phi) is 23.1. The maximum absolute atomic E-state index is 10.1. The van der Waals surface area contributed by atoms with E-state index in [4.69, 9.17) is 50.4 Å². The third-order valence-corrected chi connectivity index (χ3v) is 1.84. The number of aliphatic carboxylic acids is 3. The molecular formula is C10H20N2O11Zn. The summed E-state index contributed by atoms with van der Waals surface area (Å²) >= 11 is 0. The molecule has 0 radical (unpaired) electrons. The van der Waals surface area contributed by atoms with Crippen molar-refractivity contribution in [3.8, 4) is 0 Å². The average molecular weight is 410 g/mol. The van der Waals surface area contributed by atoms with E-state index in [-0.39, 0.29) is 32.6 Å². The van der Waals surface area contributed by atoms with Crippen molar-refractivity contribution in [1.29, 1.82) is 0 Å². The largest absolute Gasteiger partial charge is 2.00 e. The number of aliphatic hydroxyl groups is 5. The summed E-state index contributed by atoms with van der Waals surface area (Å²) in [6.45, 7) is -1.62. The summed E-state index contributed by atoms with van der Waals surface area (Å²) in [5, 5.41) is 70.1. The summed E-state index contributed by atoms with van der Waals surface area (Å²) in [5.41, 5.74) is 9.02. The second-order valence-electron chi connectivity index (χ2n) is 3.67. The molecule has 13 nitrogen and oxygen atoms in total. The fourth-order valence-corrected chi connectivity index (χ4v) is 0.668. The van der Waals surface area contributed by atoms with Gasteiger partial charge in [-0.2, -0.15) is 0 Å². The van der Waals surface area contributed by atoms with Gasteiger partial charge in [-0.25, -0.2) is 4.79 Å². The van der Waals surface area contributed by atoms with Gasteiger partial charge < -0.3 is 61.9 Å². The Hall–Kier alpha value is -1.25. The van der Waals surface area contributed by atoms with Crippen LogP contribution < -0.4 is 21.7 Å². The summed E-state index contributed by atoms with van der Waals surface area (Å²) in [5.74, 6) is -4.16. The van der Waals surface area contributed by atoms with E-state index in [2.05, 4.69) is 11.5 Å². The van der Waals surface area contributed by atoms with E-state index >= 15 is 0 Å². The van der Waals surface area contributed by atoms with E-state index in [1.165, 1.54) is 0 Å². The minimum Gasteiger partial charge on any atom is -0.549 e. The number of carbonyl (C=O) groups excluding carboxylic acids is 2. The smallest absolute Gasteiger partial charge is 0.549 e. The Morgan fingerprint density at radius 3 is 1.33 bits per heavy atom. The molecule has 0 aromatic carbocycles. The van der Waals surface area contributed by atoms with Crippen molar-refractivity contribution >= 4 is 17.9 Å². The predicted molar refractivity (Wildman–Crippen MR) is 66.9 cm³/mol. The number of carboxylic acids is 3. The molecule has 138 valence electrons. The molecule has 0 spiro atoms. The molecule has 24 heavy (non-hydrogen) atoms. The van der Waals surface area contributed by atoms with Crippen LogP contribution in [0.25, 0.3) is 0 Å². The SMILES string of the molecule is NCC(=O)[O-].NCC(=O)[O-].O=C(O)[C@H](O)[C@@H](O)[C@H](O)[C@H](O)CO.[Zn+2]. The number of nitrogens with two attached hydrogens (primary N) is 2. The van der Waals surface area contributed by atoms with Crippen LogP contribution >= 0.6 is 0 Å². The van der Waals surface area contributed by atoms with Crippen molar-refractivity contribution in [3.63, 3.8) is 0 Å². The van der Waals surface area contributed by atoms with E-state index in [9.17, 15) is 4.79 Å². The van der Waals surface area contributed by atoms with Gasteiger partial charge in [0.15, 0.2) is 6.10 Å². The van der Waals surface area contributed by atoms with E-state index in [1.807, 2.05) is 0 Å². The monoisotopic (exact) mass is 408 g/mol. The predicted octanol–water partition coefficient (Wildman–Crippen LogP) is -8.11. The van der Waals surface area contributed by atoms with Crippen LogP contribution in [0.1, 0.15) is 0 Å². The van der Waals surface area contributed by atoms with Gasteiger partial charge in [-0.05, 0) is 0 Å². The van der Waals surface area contributed by atoms with Gasteiger partial charge in [-0.3, -0.25) is 0 Å². The Labute approximate surface area is 148 Å². The molecule has 0 fully saturated rings. The quantitative estimate of drug-likeness (QED) is 0.181. The molecule has 4 atom stereocenters. The summed E-state index contributed by atoms with van der Waals surface area (Å²) in [7, 11) is 0.